The summed E-state index contributed by atoms with van der Waals surface area (Å²) in [6.45, 7) is 1.65. The Hall–Kier alpha value is -3.18. The van der Waals surface area contributed by atoms with Crippen molar-refractivity contribution >= 4 is 17.0 Å². The van der Waals surface area contributed by atoms with Gasteiger partial charge in [0.15, 0.2) is 0 Å². The van der Waals surface area contributed by atoms with Crippen LogP contribution in [0, 0.1) is 5.82 Å². The average molecular weight is 415 g/mol. The highest BCUT2D eigenvalue weighted by Gasteiger charge is 2.23. The van der Waals surface area contributed by atoms with E-state index in [9.17, 15) is 4.39 Å². The van der Waals surface area contributed by atoms with Crippen molar-refractivity contribution in [2.24, 2.45) is 0 Å². The average Bonchev–Trinajstić information content (AvgIpc) is 3.13. The van der Waals surface area contributed by atoms with Crippen LogP contribution in [0.25, 0.3) is 11.0 Å². The molecular weight excluding hydrogens is 387 g/mol. The molecule has 1 aromatic heterocycles. The highest BCUT2D eigenvalue weighted by Crippen LogP contribution is 2.24. The molecule has 4 nitrogen and oxygen atoms in total. The molecule has 0 aliphatic carbocycles. The summed E-state index contributed by atoms with van der Waals surface area (Å²) in [6, 6.07) is 26.4. The molecule has 2 atom stereocenters. The second-order valence-corrected chi connectivity index (χ2v) is 8.34. The Kier molecular flexibility index (Phi) is 5.67. The lowest BCUT2D eigenvalue weighted by Gasteiger charge is -2.31. The van der Waals surface area contributed by atoms with Gasteiger partial charge in [0.1, 0.15) is 5.82 Å². The standard InChI is InChI=1S/C26H27FN4/c27-21-12-10-20(11-13-21)18-31-25-9-5-4-8-24(25)30-26(31)29-22-14-15-28-23(17-22)16-19-6-2-1-3-7-19/h1-13,22-23,28H,14-18H2,(H,29,30)/t22-,23+/m0/s1. The molecule has 0 unspecified atom stereocenters. The number of piperidine rings is 1. The van der Waals surface area contributed by atoms with Gasteiger partial charge in [-0.3, -0.25) is 0 Å². The summed E-state index contributed by atoms with van der Waals surface area (Å²) in [5, 5.41) is 7.39. The first kappa shape index (κ1) is 19.8. The van der Waals surface area contributed by atoms with Gasteiger partial charge in [-0.1, -0.05) is 54.6 Å². The lowest BCUT2D eigenvalue weighted by Crippen LogP contribution is -2.44. The molecule has 2 N–H and O–H groups in total. The quantitative estimate of drug-likeness (QED) is 0.467. The zero-order chi connectivity index (χ0) is 21.0. The zero-order valence-electron chi connectivity index (χ0n) is 17.5. The van der Waals surface area contributed by atoms with E-state index in [1.807, 2.05) is 30.3 Å². The lowest BCUT2D eigenvalue weighted by molar-refractivity contribution is 0.372. The maximum atomic E-state index is 13.4. The van der Waals surface area contributed by atoms with Crippen LogP contribution in [0.1, 0.15) is 24.0 Å². The van der Waals surface area contributed by atoms with Crippen molar-refractivity contribution in [3.8, 4) is 0 Å². The Bertz CT molecular complexity index is 1140. The molecule has 5 rings (SSSR count). The normalized spacial score (nSPS) is 18.9. The van der Waals surface area contributed by atoms with E-state index >= 15 is 0 Å². The van der Waals surface area contributed by atoms with E-state index in [0.29, 0.717) is 18.6 Å². The van der Waals surface area contributed by atoms with Crippen LogP contribution in [-0.2, 0) is 13.0 Å². The Balaban J connectivity index is 1.36. The van der Waals surface area contributed by atoms with E-state index in [1.54, 1.807) is 0 Å². The summed E-state index contributed by atoms with van der Waals surface area (Å²) in [6.07, 6.45) is 3.14. The van der Waals surface area contributed by atoms with Gasteiger partial charge in [-0.25, -0.2) is 9.37 Å². The van der Waals surface area contributed by atoms with Crippen LogP contribution in [0.3, 0.4) is 0 Å². The first-order valence-corrected chi connectivity index (χ1v) is 11.0. The van der Waals surface area contributed by atoms with Gasteiger partial charge < -0.3 is 15.2 Å². The number of anilines is 1. The number of fused-ring (bicyclic) bond motifs is 1. The van der Waals surface area contributed by atoms with Crippen molar-refractivity contribution in [3.05, 3.63) is 95.8 Å². The molecule has 0 radical (unpaired) electrons. The third kappa shape index (κ3) is 4.62. The molecule has 158 valence electrons. The van der Waals surface area contributed by atoms with Gasteiger partial charge in [-0.2, -0.15) is 0 Å². The number of nitrogens with zero attached hydrogens (tertiary/aromatic N) is 2. The van der Waals surface area contributed by atoms with Crippen molar-refractivity contribution in [1.29, 1.82) is 0 Å². The highest BCUT2D eigenvalue weighted by atomic mass is 19.1. The molecule has 0 amide bonds. The molecule has 0 bridgehead atoms. The van der Waals surface area contributed by atoms with E-state index in [1.165, 1.54) is 17.7 Å². The Labute approximate surface area is 182 Å². The minimum Gasteiger partial charge on any atom is -0.353 e. The Morgan fingerprint density at radius 1 is 0.935 bits per heavy atom. The van der Waals surface area contributed by atoms with Gasteiger partial charge in [0.05, 0.1) is 17.6 Å². The first-order valence-electron chi connectivity index (χ1n) is 11.0. The van der Waals surface area contributed by atoms with Crippen LogP contribution in [-0.4, -0.2) is 28.2 Å². The van der Waals surface area contributed by atoms with Gasteiger partial charge in [0.25, 0.3) is 0 Å². The first-order chi connectivity index (χ1) is 15.2. The second-order valence-electron chi connectivity index (χ2n) is 8.34. The van der Waals surface area contributed by atoms with Gasteiger partial charge in [0, 0.05) is 12.1 Å². The number of para-hydroxylation sites is 2. The van der Waals surface area contributed by atoms with E-state index in [-0.39, 0.29) is 5.82 Å². The summed E-state index contributed by atoms with van der Waals surface area (Å²) in [7, 11) is 0. The third-order valence-electron chi connectivity index (χ3n) is 6.06. The van der Waals surface area contributed by atoms with Crippen molar-refractivity contribution in [2.75, 3.05) is 11.9 Å². The predicted molar refractivity (Wildman–Crippen MR) is 124 cm³/mol. The largest absolute Gasteiger partial charge is 0.353 e. The minimum absolute atomic E-state index is 0.211. The Morgan fingerprint density at radius 3 is 2.55 bits per heavy atom. The summed E-state index contributed by atoms with van der Waals surface area (Å²) < 4.78 is 15.6. The molecule has 1 saturated heterocycles. The van der Waals surface area contributed by atoms with Crippen molar-refractivity contribution in [1.82, 2.24) is 14.9 Å². The fourth-order valence-corrected chi connectivity index (χ4v) is 4.49. The fourth-order valence-electron chi connectivity index (χ4n) is 4.49. The highest BCUT2D eigenvalue weighted by molar-refractivity contribution is 5.78. The molecule has 0 saturated carbocycles. The van der Waals surface area contributed by atoms with Gasteiger partial charge >= 0.3 is 0 Å². The van der Waals surface area contributed by atoms with Crippen LogP contribution >= 0.6 is 0 Å². The van der Waals surface area contributed by atoms with E-state index in [2.05, 4.69) is 51.6 Å². The summed E-state index contributed by atoms with van der Waals surface area (Å²) in [5.41, 5.74) is 4.48. The van der Waals surface area contributed by atoms with Crippen LogP contribution in [0.4, 0.5) is 10.3 Å². The number of hydrogen-bond acceptors (Lipinski definition) is 3. The summed E-state index contributed by atoms with van der Waals surface area (Å²) in [4.78, 5) is 4.89. The number of nitrogens with one attached hydrogen (secondary N) is 2. The molecule has 5 heteroatoms. The summed E-state index contributed by atoms with van der Waals surface area (Å²) in [5.74, 6) is 0.674. The molecule has 31 heavy (non-hydrogen) atoms. The maximum absolute atomic E-state index is 13.4. The SMILES string of the molecule is Fc1ccc(Cn2c(N[C@H]3CCN[C@H](Cc4ccccc4)C3)nc3ccccc32)cc1. The molecule has 0 spiro atoms. The topological polar surface area (TPSA) is 41.9 Å². The smallest absolute Gasteiger partial charge is 0.204 e. The van der Waals surface area contributed by atoms with Gasteiger partial charge in [-0.15, -0.1) is 0 Å². The molecule has 1 aliphatic heterocycles. The maximum Gasteiger partial charge on any atom is 0.204 e. The summed E-state index contributed by atoms with van der Waals surface area (Å²) >= 11 is 0. The molecule has 1 aliphatic rings. The number of hydrogen-bond donors (Lipinski definition) is 2. The molecule has 1 fully saturated rings. The predicted octanol–water partition coefficient (Wildman–Crippen LogP) is 5.00. The number of imidazole rings is 1. The number of halogens is 1. The molecule has 2 heterocycles. The van der Waals surface area contributed by atoms with Gasteiger partial charge in [-0.05, 0) is 61.2 Å². The van der Waals surface area contributed by atoms with Crippen molar-refractivity contribution in [3.63, 3.8) is 0 Å². The monoisotopic (exact) mass is 414 g/mol. The van der Waals surface area contributed by atoms with Crippen LogP contribution in [0.2, 0.25) is 0 Å². The van der Waals surface area contributed by atoms with E-state index in [4.69, 9.17) is 4.98 Å². The lowest BCUT2D eigenvalue weighted by atomic mass is 9.94. The fraction of sp³-hybridized carbons (Fsp3) is 0.269. The van der Waals surface area contributed by atoms with Crippen LogP contribution in [0.5, 0.6) is 0 Å². The van der Waals surface area contributed by atoms with E-state index in [0.717, 1.165) is 48.4 Å². The van der Waals surface area contributed by atoms with Gasteiger partial charge in [0.2, 0.25) is 5.95 Å². The third-order valence-corrected chi connectivity index (χ3v) is 6.06. The molecular formula is C26H27FN4. The molecule has 4 aromatic rings. The second kappa shape index (κ2) is 8.90. The Morgan fingerprint density at radius 2 is 1.71 bits per heavy atom. The molecule has 3 aromatic carbocycles. The zero-order valence-corrected chi connectivity index (χ0v) is 17.5. The van der Waals surface area contributed by atoms with Crippen molar-refractivity contribution < 1.29 is 4.39 Å². The minimum atomic E-state index is -0.211. The van der Waals surface area contributed by atoms with Crippen molar-refractivity contribution in [2.45, 2.75) is 37.9 Å². The van der Waals surface area contributed by atoms with Crippen LogP contribution < -0.4 is 10.6 Å². The van der Waals surface area contributed by atoms with Crippen LogP contribution in [0.15, 0.2) is 78.9 Å². The number of benzene rings is 3. The van der Waals surface area contributed by atoms with E-state index < -0.39 is 0 Å². The number of aromatic nitrogens is 2. The number of rotatable bonds is 6.